The van der Waals surface area contributed by atoms with E-state index in [-0.39, 0.29) is 6.61 Å². The van der Waals surface area contributed by atoms with Gasteiger partial charge in [-0.1, -0.05) is 0 Å². The van der Waals surface area contributed by atoms with Gasteiger partial charge in [0.2, 0.25) is 0 Å². The Hall–Kier alpha value is -2.28. The largest absolute Gasteiger partial charge is 0.469 e. The minimum atomic E-state index is -1.69. The van der Waals surface area contributed by atoms with Gasteiger partial charge in [0.25, 0.3) is 5.91 Å². The van der Waals surface area contributed by atoms with Gasteiger partial charge in [0.1, 0.15) is 5.76 Å². The van der Waals surface area contributed by atoms with Crippen molar-refractivity contribution >= 4 is 5.91 Å². The van der Waals surface area contributed by atoms with Crippen molar-refractivity contribution in [2.75, 3.05) is 6.61 Å². The van der Waals surface area contributed by atoms with Crippen molar-refractivity contribution in [3.63, 3.8) is 0 Å². The van der Waals surface area contributed by atoms with Crippen molar-refractivity contribution in [3.8, 4) is 0 Å². The number of aryl methyl sites for hydroxylation is 1. The van der Waals surface area contributed by atoms with Gasteiger partial charge in [-0.25, -0.2) is 18.7 Å². The molecule has 1 amide bonds. The Kier molecular flexibility index (Phi) is 4.99. The van der Waals surface area contributed by atoms with Gasteiger partial charge in [-0.2, -0.15) is 0 Å². The highest BCUT2D eigenvalue weighted by Gasteiger charge is 2.18. The third-order valence-corrected chi connectivity index (χ3v) is 2.69. The van der Waals surface area contributed by atoms with Crippen molar-refractivity contribution in [2.45, 2.75) is 12.8 Å². The van der Waals surface area contributed by atoms with Gasteiger partial charge in [0.15, 0.2) is 17.5 Å². The van der Waals surface area contributed by atoms with Crippen LogP contribution in [0, 0.1) is 17.5 Å². The zero-order chi connectivity index (χ0) is 15.2. The van der Waals surface area contributed by atoms with Crippen LogP contribution in [0.2, 0.25) is 0 Å². The molecule has 1 aromatic heterocycles. The summed E-state index contributed by atoms with van der Waals surface area (Å²) in [5.41, 5.74) is 1.34. The van der Waals surface area contributed by atoms with Crippen LogP contribution in [-0.2, 0) is 11.3 Å². The molecule has 0 spiro atoms. The minimum Gasteiger partial charge on any atom is -0.469 e. The molecule has 4 nitrogen and oxygen atoms in total. The molecule has 0 saturated heterocycles. The summed E-state index contributed by atoms with van der Waals surface area (Å²) in [6, 6.07) is 5.07. The van der Waals surface area contributed by atoms with Crippen LogP contribution in [-0.4, -0.2) is 12.5 Å². The lowest BCUT2D eigenvalue weighted by Crippen LogP contribution is -2.25. The fraction of sp³-hybridized carbons (Fsp3) is 0.214. The number of carbonyl (C=O) groups excluding carboxylic acids is 1. The maximum absolute atomic E-state index is 13.3. The molecule has 1 aromatic carbocycles. The Morgan fingerprint density at radius 3 is 2.71 bits per heavy atom. The number of carbonyl (C=O) groups is 1. The third-order valence-electron chi connectivity index (χ3n) is 2.69. The zero-order valence-electron chi connectivity index (χ0n) is 10.9. The average molecular weight is 299 g/mol. The van der Waals surface area contributed by atoms with E-state index in [1.54, 1.807) is 18.4 Å². The van der Waals surface area contributed by atoms with E-state index in [1.807, 2.05) is 5.48 Å². The first-order valence-corrected chi connectivity index (χ1v) is 6.17. The molecule has 7 heteroatoms. The molecule has 112 valence electrons. The van der Waals surface area contributed by atoms with Gasteiger partial charge < -0.3 is 4.42 Å². The molecule has 0 unspecified atom stereocenters. The molecule has 0 fully saturated rings. The van der Waals surface area contributed by atoms with E-state index in [0.29, 0.717) is 18.9 Å². The highest BCUT2D eigenvalue weighted by molar-refractivity contribution is 5.93. The van der Waals surface area contributed by atoms with E-state index < -0.39 is 28.9 Å². The molecule has 0 aliphatic carbocycles. The number of halogens is 3. The van der Waals surface area contributed by atoms with E-state index in [4.69, 9.17) is 9.25 Å². The standard InChI is InChI=1S/C14H12F3NO3/c15-11-6-5-10(12(16)13(11)17)14(19)18-21-8-2-4-9-3-1-7-20-9/h1,3,5-7H,2,4,8H2,(H,18,19). The number of nitrogens with one attached hydrogen (secondary N) is 1. The summed E-state index contributed by atoms with van der Waals surface area (Å²) in [4.78, 5) is 16.4. The van der Waals surface area contributed by atoms with Gasteiger partial charge in [-0.3, -0.25) is 9.63 Å². The van der Waals surface area contributed by atoms with Crippen molar-refractivity contribution in [1.29, 1.82) is 0 Å². The Morgan fingerprint density at radius 1 is 1.19 bits per heavy atom. The third kappa shape index (κ3) is 3.85. The molecule has 0 atom stereocenters. The maximum atomic E-state index is 13.3. The van der Waals surface area contributed by atoms with E-state index >= 15 is 0 Å². The first-order valence-electron chi connectivity index (χ1n) is 6.17. The smallest absolute Gasteiger partial charge is 0.277 e. The second-order valence-corrected chi connectivity index (χ2v) is 4.19. The summed E-state index contributed by atoms with van der Waals surface area (Å²) < 4.78 is 44.1. The molecule has 21 heavy (non-hydrogen) atoms. The van der Waals surface area contributed by atoms with Gasteiger partial charge in [-0.05, 0) is 30.7 Å². The van der Waals surface area contributed by atoms with Crippen LogP contribution in [0.3, 0.4) is 0 Å². The molecule has 0 radical (unpaired) electrons. The number of hydrogen-bond donors (Lipinski definition) is 1. The highest BCUT2D eigenvalue weighted by Crippen LogP contribution is 2.15. The summed E-state index contributed by atoms with van der Waals surface area (Å²) >= 11 is 0. The highest BCUT2D eigenvalue weighted by atomic mass is 19.2. The summed E-state index contributed by atoms with van der Waals surface area (Å²) in [6.07, 6.45) is 2.72. The predicted molar refractivity (Wildman–Crippen MR) is 66.8 cm³/mol. The molecular weight excluding hydrogens is 287 g/mol. The van der Waals surface area contributed by atoms with E-state index in [9.17, 15) is 18.0 Å². The molecule has 1 heterocycles. The molecule has 2 rings (SSSR count). The van der Waals surface area contributed by atoms with Crippen LogP contribution in [0.4, 0.5) is 13.2 Å². The maximum Gasteiger partial charge on any atom is 0.277 e. The Bertz CT molecular complexity index is 614. The first-order chi connectivity index (χ1) is 10.1. The molecule has 1 N–H and O–H groups in total. The SMILES string of the molecule is O=C(NOCCCc1ccco1)c1ccc(F)c(F)c1F. The Balaban J connectivity index is 1.78. The number of furan rings is 1. The summed E-state index contributed by atoms with van der Waals surface area (Å²) in [5, 5.41) is 0. The van der Waals surface area contributed by atoms with Gasteiger partial charge >= 0.3 is 0 Å². The molecule has 2 aromatic rings. The average Bonchev–Trinajstić information content (AvgIpc) is 2.97. The van der Waals surface area contributed by atoms with E-state index in [1.165, 1.54) is 0 Å². The predicted octanol–water partition coefficient (Wildman–Crippen LogP) is 2.99. The summed E-state index contributed by atoms with van der Waals surface area (Å²) in [5.74, 6) is -4.81. The van der Waals surface area contributed by atoms with Crippen molar-refractivity contribution in [2.24, 2.45) is 0 Å². The van der Waals surface area contributed by atoms with Crippen LogP contribution in [0.25, 0.3) is 0 Å². The quantitative estimate of drug-likeness (QED) is 0.507. The number of benzene rings is 1. The van der Waals surface area contributed by atoms with Crippen LogP contribution in [0.5, 0.6) is 0 Å². The van der Waals surface area contributed by atoms with E-state index in [2.05, 4.69) is 0 Å². The normalized spacial score (nSPS) is 10.6. The van der Waals surface area contributed by atoms with Crippen molar-refractivity contribution in [3.05, 3.63) is 59.3 Å². The zero-order valence-corrected chi connectivity index (χ0v) is 10.9. The minimum absolute atomic E-state index is 0.164. The molecule has 0 saturated carbocycles. The second-order valence-electron chi connectivity index (χ2n) is 4.19. The lowest BCUT2D eigenvalue weighted by Gasteiger charge is -2.07. The number of hydroxylamine groups is 1. The Morgan fingerprint density at radius 2 is 2.00 bits per heavy atom. The molecule has 0 bridgehead atoms. The lowest BCUT2D eigenvalue weighted by atomic mass is 10.2. The van der Waals surface area contributed by atoms with Crippen molar-refractivity contribution in [1.82, 2.24) is 5.48 Å². The first kappa shape index (κ1) is 15.1. The fourth-order valence-electron chi connectivity index (χ4n) is 1.65. The monoisotopic (exact) mass is 299 g/mol. The number of rotatable bonds is 6. The molecular formula is C14H12F3NO3. The number of hydrogen-bond acceptors (Lipinski definition) is 3. The summed E-state index contributed by atoms with van der Waals surface area (Å²) in [7, 11) is 0. The van der Waals surface area contributed by atoms with Gasteiger partial charge in [-0.15, -0.1) is 0 Å². The summed E-state index contributed by atoms with van der Waals surface area (Å²) in [6.45, 7) is 0.164. The van der Waals surface area contributed by atoms with Crippen LogP contribution < -0.4 is 5.48 Å². The molecule has 0 aliphatic rings. The fourth-order valence-corrected chi connectivity index (χ4v) is 1.65. The number of amides is 1. The van der Waals surface area contributed by atoms with Gasteiger partial charge in [0.05, 0.1) is 18.4 Å². The topological polar surface area (TPSA) is 51.5 Å². The van der Waals surface area contributed by atoms with Crippen LogP contribution in [0.15, 0.2) is 34.9 Å². The Labute approximate surface area is 118 Å². The van der Waals surface area contributed by atoms with Gasteiger partial charge in [0, 0.05) is 6.42 Å². The van der Waals surface area contributed by atoms with E-state index in [0.717, 1.165) is 11.8 Å². The second kappa shape index (κ2) is 6.94. The van der Waals surface area contributed by atoms with Crippen molar-refractivity contribution < 1.29 is 27.2 Å². The van der Waals surface area contributed by atoms with Crippen LogP contribution in [0.1, 0.15) is 22.5 Å². The molecule has 0 aliphatic heterocycles. The lowest BCUT2D eigenvalue weighted by molar-refractivity contribution is 0.0297. The van der Waals surface area contributed by atoms with Crippen LogP contribution >= 0.6 is 0 Å².